The molecule has 0 radical (unpaired) electrons. The van der Waals surface area contributed by atoms with Crippen LogP contribution in [0.2, 0.25) is 0 Å². The molecule has 0 amide bonds. The first-order valence-corrected chi connectivity index (χ1v) is 8.33. The number of fused-ring (bicyclic) bond motifs is 1. The molecule has 7 heteroatoms. The predicted octanol–water partition coefficient (Wildman–Crippen LogP) is 1.96. The number of benzene rings is 1. The van der Waals surface area contributed by atoms with E-state index in [1.165, 1.54) is 0 Å². The molecule has 2 aliphatic rings. The summed E-state index contributed by atoms with van der Waals surface area (Å²) in [6, 6.07) is 7.70. The summed E-state index contributed by atoms with van der Waals surface area (Å²) in [5, 5.41) is 1.98. The summed E-state index contributed by atoms with van der Waals surface area (Å²) in [5.41, 5.74) is 5.50. The number of esters is 1. The van der Waals surface area contributed by atoms with Crippen LogP contribution in [0.3, 0.4) is 0 Å². The Hall–Kier alpha value is -1.86. The number of ether oxygens (including phenoxy) is 2. The van der Waals surface area contributed by atoms with E-state index in [4.69, 9.17) is 9.47 Å². The van der Waals surface area contributed by atoms with E-state index in [0.717, 1.165) is 23.6 Å². The van der Waals surface area contributed by atoms with Crippen LogP contribution in [0.25, 0.3) is 5.70 Å². The molecule has 2 unspecified atom stereocenters. The van der Waals surface area contributed by atoms with Gasteiger partial charge in [-0.3, -0.25) is 10.0 Å². The molecule has 2 aliphatic heterocycles. The molecule has 0 aromatic heterocycles. The highest BCUT2D eigenvalue weighted by molar-refractivity contribution is 9.09. The molecule has 1 aromatic rings. The second-order valence-corrected chi connectivity index (χ2v) is 6.33. The average molecular weight is 380 g/mol. The molecule has 6 nitrogen and oxygen atoms in total. The Morgan fingerprint density at radius 2 is 2.17 bits per heavy atom. The van der Waals surface area contributed by atoms with Gasteiger partial charge in [-0.2, -0.15) is 0 Å². The minimum Gasteiger partial charge on any atom is -0.497 e. The number of hydrazine groups is 1. The number of rotatable bonds is 4. The first-order chi connectivity index (χ1) is 11.1. The molecule has 0 bridgehead atoms. The van der Waals surface area contributed by atoms with E-state index in [1.807, 2.05) is 29.3 Å². The van der Waals surface area contributed by atoms with E-state index in [9.17, 15) is 4.79 Å². The molecule has 23 heavy (non-hydrogen) atoms. The van der Waals surface area contributed by atoms with Crippen LogP contribution in [0, 0.1) is 0 Å². The molecule has 2 heterocycles. The van der Waals surface area contributed by atoms with Crippen LogP contribution >= 0.6 is 15.9 Å². The van der Waals surface area contributed by atoms with Gasteiger partial charge in [0.2, 0.25) is 0 Å². The van der Waals surface area contributed by atoms with Crippen molar-refractivity contribution in [3.63, 3.8) is 0 Å². The van der Waals surface area contributed by atoms with Crippen molar-refractivity contribution in [2.45, 2.75) is 17.9 Å². The van der Waals surface area contributed by atoms with Crippen LogP contribution in [0.4, 0.5) is 0 Å². The normalized spacial score (nSPS) is 23.0. The summed E-state index contributed by atoms with van der Waals surface area (Å²) in [6.07, 6.45) is 1.57. The molecule has 1 fully saturated rings. The van der Waals surface area contributed by atoms with Crippen molar-refractivity contribution in [1.82, 2.24) is 10.4 Å². The van der Waals surface area contributed by atoms with E-state index in [1.54, 1.807) is 20.1 Å². The van der Waals surface area contributed by atoms with Crippen molar-refractivity contribution in [3.8, 4) is 5.75 Å². The molecular weight excluding hydrogens is 362 g/mol. The number of carbonyl (C=O) groups is 1. The molecule has 1 saturated heterocycles. The number of hydrogen-bond donors (Lipinski definition) is 1. The smallest absolute Gasteiger partial charge is 0.356 e. The van der Waals surface area contributed by atoms with Gasteiger partial charge in [0.05, 0.1) is 24.2 Å². The molecule has 2 atom stereocenters. The summed E-state index contributed by atoms with van der Waals surface area (Å²) < 4.78 is 10.3. The largest absolute Gasteiger partial charge is 0.497 e. The first-order valence-electron chi connectivity index (χ1n) is 7.42. The zero-order valence-electron chi connectivity index (χ0n) is 13.0. The summed E-state index contributed by atoms with van der Waals surface area (Å²) in [7, 11) is 1.63. The fourth-order valence-corrected chi connectivity index (χ4v) is 3.09. The first kappa shape index (κ1) is 16.0. The van der Waals surface area contributed by atoms with Crippen LogP contribution < -0.4 is 10.2 Å². The zero-order chi connectivity index (χ0) is 16.4. The third kappa shape index (κ3) is 3.11. The Kier molecular flexibility index (Phi) is 4.68. The maximum Gasteiger partial charge on any atom is 0.356 e. The lowest BCUT2D eigenvalue weighted by Crippen LogP contribution is -2.40. The van der Waals surface area contributed by atoms with Gasteiger partial charge in [0.1, 0.15) is 17.6 Å². The van der Waals surface area contributed by atoms with E-state index in [2.05, 4.69) is 26.3 Å². The van der Waals surface area contributed by atoms with Gasteiger partial charge in [0, 0.05) is 6.54 Å². The minimum atomic E-state index is -0.398. The number of alkyl halides is 1. The number of methoxy groups -OCH3 is 1. The number of aliphatic imine (C=N–C) groups is 1. The van der Waals surface area contributed by atoms with Gasteiger partial charge in [0.25, 0.3) is 0 Å². The monoisotopic (exact) mass is 379 g/mol. The van der Waals surface area contributed by atoms with E-state index < -0.39 is 5.97 Å². The van der Waals surface area contributed by atoms with Gasteiger partial charge in [0.15, 0.2) is 0 Å². The standard InChI is InChI=1S/C16H18BrN3O3/c1-3-23-16(21)13-8-14(10-4-6-11(22-2)7-5-10)20-15(19-13)12(17)9-18-20/h4-8,12,15,18H,3,9H2,1-2H3. The number of hydrogen-bond acceptors (Lipinski definition) is 6. The Bertz CT molecular complexity index is 657. The third-order valence-corrected chi connectivity index (χ3v) is 4.52. The maximum atomic E-state index is 12.1. The molecule has 0 saturated carbocycles. The fourth-order valence-electron chi connectivity index (χ4n) is 2.59. The lowest BCUT2D eigenvalue weighted by Gasteiger charge is -2.30. The SMILES string of the molecule is CCOC(=O)C1=NC2C(Br)CNN2C(c2ccc(OC)cc2)=C1. The number of nitrogens with zero attached hydrogens (tertiary/aromatic N) is 2. The van der Waals surface area contributed by atoms with Crippen molar-refractivity contribution in [1.29, 1.82) is 0 Å². The summed E-state index contributed by atoms with van der Waals surface area (Å²) in [5.74, 6) is 0.388. The Morgan fingerprint density at radius 1 is 1.43 bits per heavy atom. The highest BCUT2D eigenvalue weighted by Gasteiger charge is 2.37. The molecule has 1 N–H and O–H groups in total. The predicted molar refractivity (Wildman–Crippen MR) is 91.4 cm³/mol. The zero-order valence-corrected chi connectivity index (χ0v) is 14.5. The second-order valence-electron chi connectivity index (χ2n) is 5.15. The van der Waals surface area contributed by atoms with Gasteiger partial charge in [-0.15, -0.1) is 0 Å². The van der Waals surface area contributed by atoms with Crippen molar-refractivity contribution < 1.29 is 14.3 Å². The Morgan fingerprint density at radius 3 is 2.83 bits per heavy atom. The van der Waals surface area contributed by atoms with E-state index in [-0.39, 0.29) is 11.0 Å². The van der Waals surface area contributed by atoms with Crippen LogP contribution in [-0.4, -0.2) is 47.9 Å². The highest BCUT2D eigenvalue weighted by atomic mass is 79.9. The molecule has 0 aliphatic carbocycles. The van der Waals surface area contributed by atoms with E-state index >= 15 is 0 Å². The summed E-state index contributed by atoms with van der Waals surface area (Å²) in [6.45, 7) is 2.85. The van der Waals surface area contributed by atoms with Crippen LogP contribution in [0.1, 0.15) is 12.5 Å². The van der Waals surface area contributed by atoms with Gasteiger partial charge in [-0.1, -0.05) is 15.9 Å². The Labute approximate surface area is 143 Å². The molecule has 1 aromatic carbocycles. The van der Waals surface area contributed by atoms with Gasteiger partial charge < -0.3 is 9.47 Å². The van der Waals surface area contributed by atoms with Gasteiger partial charge in [-0.25, -0.2) is 10.2 Å². The topological polar surface area (TPSA) is 63.2 Å². The molecule has 3 rings (SSSR count). The average Bonchev–Trinajstić information content (AvgIpc) is 2.96. The van der Waals surface area contributed by atoms with Crippen molar-refractivity contribution >= 4 is 33.3 Å². The quantitative estimate of drug-likeness (QED) is 0.639. The summed E-state index contributed by atoms with van der Waals surface area (Å²) >= 11 is 3.61. The van der Waals surface area contributed by atoms with Crippen LogP contribution in [-0.2, 0) is 9.53 Å². The third-order valence-electron chi connectivity index (χ3n) is 3.72. The van der Waals surface area contributed by atoms with Crippen LogP contribution in [0.15, 0.2) is 35.3 Å². The summed E-state index contributed by atoms with van der Waals surface area (Å²) in [4.78, 5) is 16.7. The number of halogens is 1. The lowest BCUT2D eigenvalue weighted by molar-refractivity contribution is -0.135. The molecule has 0 spiro atoms. The number of carbonyl (C=O) groups excluding carboxylic acids is 1. The molecular formula is C16H18BrN3O3. The van der Waals surface area contributed by atoms with Crippen LogP contribution in [0.5, 0.6) is 5.75 Å². The Balaban J connectivity index is 1.98. The second kappa shape index (κ2) is 6.72. The molecule has 122 valence electrons. The van der Waals surface area contributed by atoms with Gasteiger partial charge >= 0.3 is 5.97 Å². The maximum absolute atomic E-state index is 12.1. The minimum absolute atomic E-state index is 0.119. The lowest BCUT2D eigenvalue weighted by atomic mass is 10.1. The van der Waals surface area contributed by atoms with Crippen molar-refractivity contribution in [2.24, 2.45) is 4.99 Å². The van der Waals surface area contributed by atoms with Crippen molar-refractivity contribution in [2.75, 3.05) is 20.3 Å². The highest BCUT2D eigenvalue weighted by Crippen LogP contribution is 2.32. The van der Waals surface area contributed by atoms with Gasteiger partial charge in [-0.05, 0) is 42.8 Å². The fraction of sp³-hybridized carbons (Fsp3) is 0.375. The number of nitrogens with one attached hydrogen (secondary N) is 1. The van der Waals surface area contributed by atoms with Crippen molar-refractivity contribution in [3.05, 3.63) is 35.9 Å². The van der Waals surface area contributed by atoms with E-state index in [0.29, 0.717) is 12.3 Å².